The third kappa shape index (κ3) is 6.44. The predicted octanol–water partition coefficient (Wildman–Crippen LogP) is 14.7. The molecule has 0 bridgehead atoms. The number of aromatic nitrogens is 2. The molecular weight excluding hydrogens is 709 g/mol. The van der Waals surface area contributed by atoms with Gasteiger partial charge >= 0.3 is 0 Å². The van der Waals surface area contributed by atoms with E-state index in [0.29, 0.717) is 16.3 Å². The number of ether oxygens (including phenoxy) is 1. The molecule has 1 atom stereocenters. The van der Waals surface area contributed by atoms with Gasteiger partial charge in [0.05, 0.1) is 23.8 Å². The molecule has 8 aromatic rings. The molecule has 5 nitrogen and oxygen atoms in total. The SMILES string of the molecule is CC(C)c1cccc(C(C)C)c1-c1cc(Oc2ccc3c4ccccc4n(-c4cc(C(C)(C)C)ccn4)c3c2)cc([N+]2(C)[CH-]N(c3ccccc3)c3ccccc32)c1. The van der Waals surface area contributed by atoms with E-state index in [4.69, 9.17) is 9.72 Å². The molecule has 0 amide bonds. The topological polar surface area (TPSA) is 30.3 Å². The molecule has 0 saturated heterocycles. The molecule has 0 aliphatic carbocycles. The van der Waals surface area contributed by atoms with Crippen molar-refractivity contribution in [2.24, 2.45) is 0 Å². The van der Waals surface area contributed by atoms with Crippen LogP contribution in [0.3, 0.4) is 0 Å². The highest BCUT2D eigenvalue weighted by Crippen LogP contribution is 2.52. The number of anilines is 2. The first-order valence-electron chi connectivity index (χ1n) is 20.5. The second-order valence-corrected chi connectivity index (χ2v) is 17.5. The van der Waals surface area contributed by atoms with Gasteiger partial charge in [0.2, 0.25) is 0 Å². The molecule has 6 aromatic carbocycles. The van der Waals surface area contributed by atoms with Crippen molar-refractivity contribution in [1.82, 2.24) is 14.0 Å². The number of fused-ring (bicyclic) bond motifs is 4. The minimum atomic E-state index is -0.0123. The number of quaternary nitrogens is 1. The van der Waals surface area contributed by atoms with Crippen molar-refractivity contribution in [2.45, 2.75) is 65.7 Å². The van der Waals surface area contributed by atoms with Crippen LogP contribution in [0.4, 0.5) is 22.7 Å². The zero-order valence-electron chi connectivity index (χ0n) is 34.9. The molecule has 0 fully saturated rings. The van der Waals surface area contributed by atoms with Gasteiger partial charge in [-0.25, -0.2) is 4.98 Å². The molecule has 0 radical (unpaired) electrons. The van der Waals surface area contributed by atoms with Gasteiger partial charge in [0, 0.05) is 40.9 Å². The summed E-state index contributed by atoms with van der Waals surface area (Å²) in [6.07, 6.45) is 1.93. The Morgan fingerprint density at radius 3 is 2.07 bits per heavy atom. The third-order valence-corrected chi connectivity index (χ3v) is 11.8. The van der Waals surface area contributed by atoms with Crippen LogP contribution in [0, 0.1) is 6.67 Å². The Balaban J connectivity index is 1.24. The molecule has 58 heavy (non-hydrogen) atoms. The van der Waals surface area contributed by atoms with Crippen LogP contribution in [0.2, 0.25) is 0 Å². The van der Waals surface area contributed by atoms with Crippen molar-refractivity contribution in [3.8, 4) is 28.4 Å². The van der Waals surface area contributed by atoms with E-state index in [1.807, 2.05) is 6.20 Å². The summed E-state index contributed by atoms with van der Waals surface area (Å²) in [6.45, 7) is 18.2. The highest BCUT2D eigenvalue weighted by Gasteiger charge is 2.35. The molecule has 2 aromatic heterocycles. The summed E-state index contributed by atoms with van der Waals surface area (Å²) in [6, 6.07) is 52.4. The summed E-state index contributed by atoms with van der Waals surface area (Å²) in [4.78, 5) is 7.24. The van der Waals surface area contributed by atoms with Crippen molar-refractivity contribution < 1.29 is 4.74 Å². The van der Waals surface area contributed by atoms with E-state index < -0.39 is 0 Å². The number of benzene rings is 6. The molecule has 3 heterocycles. The highest BCUT2D eigenvalue weighted by atomic mass is 16.5. The highest BCUT2D eigenvalue weighted by molar-refractivity contribution is 6.09. The lowest BCUT2D eigenvalue weighted by Crippen LogP contribution is -2.36. The standard InChI is InChI=1S/C53H52N4O/c1-35(2)43-20-16-21-44(36(3)4)52(43)37-29-40(57(8)34-55(39-17-10-9-11-18-39)48-23-14-15-24-50(48)57)32-42(30-37)58-41-25-26-46-45-19-12-13-22-47(45)56(49(46)33-41)51-31-38(27-28-54-51)53(5,6)7/h9-36H,1-8H3. The summed E-state index contributed by atoms with van der Waals surface area (Å²) in [7, 11) is 2.28. The van der Waals surface area contributed by atoms with Crippen molar-refractivity contribution in [3.63, 3.8) is 0 Å². The van der Waals surface area contributed by atoms with Gasteiger partial charge in [-0.2, -0.15) is 0 Å². The fourth-order valence-corrected chi connectivity index (χ4v) is 8.76. The molecule has 1 aliphatic heterocycles. The maximum Gasteiger partial charge on any atom is 0.137 e. The fourth-order valence-electron chi connectivity index (χ4n) is 8.76. The average molecular weight is 761 g/mol. The Hall–Kier alpha value is -6.17. The third-order valence-electron chi connectivity index (χ3n) is 11.8. The van der Waals surface area contributed by atoms with E-state index in [0.717, 1.165) is 56.4 Å². The Morgan fingerprint density at radius 1 is 0.638 bits per heavy atom. The first kappa shape index (κ1) is 37.4. The van der Waals surface area contributed by atoms with Crippen LogP contribution in [0.5, 0.6) is 11.5 Å². The Kier molecular flexibility index (Phi) is 9.25. The molecule has 0 saturated carbocycles. The van der Waals surface area contributed by atoms with Crippen LogP contribution in [-0.2, 0) is 5.41 Å². The quantitative estimate of drug-likeness (QED) is 0.114. The Morgan fingerprint density at radius 2 is 1.33 bits per heavy atom. The zero-order valence-corrected chi connectivity index (χ0v) is 34.9. The second-order valence-electron chi connectivity index (χ2n) is 17.5. The van der Waals surface area contributed by atoms with Crippen LogP contribution >= 0.6 is 0 Å². The van der Waals surface area contributed by atoms with Crippen molar-refractivity contribution in [3.05, 3.63) is 175 Å². The molecule has 0 spiro atoms. The lowest BCUT2D eigenvalue weighted by molar-refractivity contribution is 0.480. The first-order chi connectivity index (χ1) is 27.9. The number of hydrogen-bond acceptors (Lipinski definition) is 3. The monoisotopic (exact) mass is 760 g/mol. The van der Waals surface area contributed by atoms with Crippen molar-refractivity contribution in [1.29, 1.82) is 0 Å². The van der Waals surface area contributed by atoms with Gasteiger partial charge in [0.1, 0.15) is 28.7 Å². The minimum absolute atomic E-state index is 0.0123. The molecule has 0 N–H and O–H groups in total. The number of pyridine rings is 1. The van der Waals surface area contributed by atoms with E-state index in [-0.39, 0.29) is 5.41 Å². The summed E-state index contributed by atoms with van der Waals surface area (Å²) < 4.78 is 9.84. The maximum absolute atomic E-state index is 7.09. The van der Waals surface area contributed by atoms with E-state index in [2.05, 4.69) is 217 Å². The van der Waals surface area contributed by atoms with Gasteiger partial charge in [-0.3, -0.25) is 4.57 Å². The number of para-hydroxylation sites is 4. The Bertz CT molecular complexity index is 2780. The van der Waals surface area contributed by atoms with Crippen LogP contribution in [0.25, 0.3) is 38.8 Å². The van der Waals surface area contributed by atoms with Gasteiger partial charge < -0.3 is 14.1 Å². The van der Waals surface area contributed by atoms with Crippen molar-refractivity contribution >= 4 is 44.6 Å². The van der Waals surface area contributed by atoms with Gasteiger partial charge in [-0.1, -0.05) is 115 Å². The van der Waals surface area contributed by atoms with Gasteiger partial charge in [-0.05, 0) is 112 Å². The van der Waals surface area contributed by atoms with Crippen LogP contribution < -0.4 is 14.1 Å². The van der Waals surface area contributed by atoms with Gasteiger partial charge in [0.25, 0.3) is 0 Å². The Labute approximate surface area is 343 Å². The molecule has 1 aliphatic rings. The van der Waals surface area contributed by atoms with E-state index in [1.54, 1.807) is 0 Å². The van der Waals surface area contributed by atoms with Gasteiger partial charge in [-0.15, -0.1) is 0 Å². The lowest BCUT2D eigenvalue weighted by atomic mass is 9.85. The number of hydrogen-bond donors (Lipinski definition) is 0. The number of rotatable bonds is 8. The van der Waals surface area contributed by atoms with Crippen LogP contribution in [0.15, 0.2) is 152 Å². The molecule has 1 unspecified atom stereocenters. The molecule has 9 rings (SSSR count). The first-order valence-corrected chi connectivity index (χ1v) is 20.5. The smallest absolute Gasteiger partial charge is 0.137 e. The number of nitrogens with zero attached hydrogens (tertiary/aromatic N) is 4. The average Bonchev–Trinajstić information content (AvgIpc) is 3.72. The molecule has 290 valence electrons. The summed E-state index contributed by atoms with van der Waals surface area (Å²) >= 11 is 0. The minimum Gasteiger partial charge on any atom is -0.457 e. The van der Waals surface area contributed by atoms with Crippen LogP contribution in [0.1, 0.15) is 77.0 Å². The van der Waals surface area contributed by atoms with E-state index >= 15 is 0 Å². The summed E-state index contributed by atoms with van der Waals surface area (Å²) in [5.41, 5.74) is 13.1. The van der Waals surface area contributed by atoms with Gasteiger partial charge in [0.15, 0.2) is 0 Å². The summed E-state index contributed by atoms with van der Waals surface area (Å²) in [5, 5.41) is 2.35. The van der Waals surface area contributed by atoms with Crippen LogP contribution in [-0.4, -0.2) is 16.6 Å². The predicted molar refractivity (Wildman–Crippen MR) is 244 cm³/mol. The molecule has 5 heteroatoms. The maximum atomic E-state index is 7.09. The largest absolute Gasteiger partial charge is 0.457 e. The molecular formula is C53H52N4O. The van der Waals surface area contributed by atoms with E-state index in [9.17, 15) is 0 Å². The summed E-state index contributed by atoms with van der Waals surface area (Å²) in [5.74, 6) is 3.14. The zero-order chi connectivity index (χ0) is 40.3. The normalized spacial score (nSPS) is 15.5. The fraction of sp³-hybridized carbons (Fsp3) is 0.208. The second kappa shape index (κ2) is 14.3. The van der Waals surface area contributed by atoms with E-state index in [1.165, 1.54) is 33.3 Å². The van der Waals surface area contributed by atoms with Crippen molar-refractivity contribution in [2.75, 3.05) is 11.9 Å². The lowest BCUT2D eigenvalue weighted by Gasteiger charge is -2.40.